The Morgan fingerprint density at radius 2 is 1.91 bits per heavy atom. The van der Waals surface area contributed by atoms with E-state index < -0.39 is 6.04 Å². The topological polar surface area (TPSA) is 100 Å². The maximum absolute atomic E-state index is 13.1. The summed E-state index contributed by atoms with van der Waals surface area (Å²) in [5.41, 5.74) is 2.75. The molecule has 2 N–H and O–H groups in total. The summed E-state index contributed by atoms with van der Waals surface area (Å²) in [6.45, 7) is 4.28. The minimum absolute atomic E-state index is 0.0678. The largest absolute Gasteiger partial charge is 0.497 e. The highest BCUT2D eigenvalue weighted by Crippen LogP contribution is 2.27. The zero-order chi connectivity index (χ0) is 22.7. The first-order valence-corrected chi connectivity index (χ1v) is 10.7. The molecule has 0 unspecified atom stereocenters. The number of carbonyl (C=O) groups excluding carboxylic acids is 2. The van der Waals surface area contributed by atoms with Crippen LogP contribution >= 0.6 is 0 Å². The molecule has 0 saturated heterocycles. The molecule has 2 amide bonds. The molecule has 3 aromatic rings. The van der Waals surface area contributed by atoms with E-state index in [9.17, 15) is 9.59 Å². The smallest absolute Gasteiger partial charge is 0.255 e. The third-order valence-electron chi connectivity index (χ3n) is 5.66. The van der Waals surface area contributed by atoms with Crippen LogP contribution in [0.15, 0.2) is 48.5 Å². The van der Waals surface area contributed by atoms with Gasteiger partial charge < -0.3 is 9.64 Å². The summed E-state index contributed by atoms with van der Waals surface area (Å²) >= 11 is 0. The van der Waals surface area contributed by atoms with E-state index in [0.29, 0.717) is 24.4 Å². The lowest BCUT2D eigenvalue weighted by molar-refractivity contribution is -0.122. The van der Waals surface area contributed by atoms with Crippen molar-refractivity contribution in [2.24, 2.45) is 5.92 Å². The van der Waals surface area contributed by atoms with Crippen molar-refractivity contribution in [3.8, 4) is 5.75 Å². The zero-order valence-corrected chi connectivity index (χ0v) is 18.5. The van der Waals surface area contributed by atoms with Gasteiger partial charge in [0.05, 0.1) is 7.11 Å². The average Bonchev–Trinajstić information content (AvgIpc) is 3.37. The number of anilines is 1. The fourth-order valence-electron chi connectivity index (χ4n) is 4.01. The van der Waals surface area contributed by atoms with Gasteiger partial charge in [-0.1, -0.05) is 44.2 Å². The van der Waals surface area contributed by atoms with E-state index in [1.54, 1.807) is 18.1 Å². The van der Waals surface area contributed by atoms with E-state index in [0.717, 1.165) is 23.3 Å². The molecule has 32 heavy (non-hydrogen) atoms. The molecule has 0 aliphatic carbocycles. The standard InChI is InChI=1S/C24H27N5O3/c1-15(2)21(29-14-17-6-4-5-7-19(17)23(29)31)22(30)26-24-25-20(27-28-24)13-10-16-8-11-18(32-3)12-9-16/h4-9,11-12,15,21H,10,13-14H2,1-3H3,(H2,25,26,27,28,30)/t21-/m0/s1. The van der Waals surface area contributed by atoms with Crippen molar-refractivity contribution in [3.63, 3.8) is 0 Å². The SMILES string of the molecule is COc1ccc(CCc2nc(NC(=O)[C@H](C(C)C)N3Cc4ccccc4C3=O)n[nH]2)cc1. The number of rotatable bonds is 8. The Hall–Kier alpha value is -3.68. The van der Waals surface area contributed by atoms with Crippen molar-refractivity contribution in [1.29, 1.82) is 0 Å². The molecule has 4 rings (SSSR count). The van der Waals surface area contributed by atoms with E-state index in [4.69, 9.17) is 4.74 Å². The number of aromatic amines is 1. The number of fused-ring (bicyclic) bond motifs is 1. The first-order valence-electron chi connectivity index (χ1n) is 10.7. The van der Waals surface area contributed by atoms with E-state index >= 15 is 0 Å². The second kappa shape index (κ2) is 9.21. The summed E-state index contributed by atoms with van der Waals surface area (Å²) in [6, 6.07) is 14.7. The number of benzene rings is 2. The normalized spacial score (nSPS) is 13.9. The number of nitrogens with one attached hydrogen (secondary N) is 2. The van der Waals surface area contributed by atoms with Crippen LogP contribution in [0, 0.1) is 5.92 Å². The number of nitrogens with zero attached hydrogens (tertiary/aromatic N) is 3. The number of hydrogen-bond acceptors (Lipinski definition) is 5. The molecule has 2 heterocycles. The van der Waals surface area contributed by atoms with Gasteiger partial charge in [0.2, 0.25) is 11.9 Å². The minimum atomic E-state index is -0.615. The molecule has 1 aromatic heterocycles. The molecule has 8 heteroatoms. The Morgan fingerprint density at radius 1 is 1.16 bits per heavy atom. The van der Waals surface area contributed by atoms with E-state index in [1.165, 1.54) is 0 Å². The number of aromatic nitrogens is 3. The van der Waals surface area contributed by atoms with Gasteiger partial charge in [0.25, 0.3) is 5.91 Å². The van der Waals surface area contributed by atoms with Crippen LogP contribution in [0.4, 0.5) is 5.95 Å². The summed E-state index contributed by atoms with van der Waals surface area (Å²) in [5.74, 6) is 1.24. The van der Waals surface area contributed by atoms with Gasteiger partial charge in [-0.15, -0.1) is 5.10 Å². The lowest BCUT2D eigenvalue weighted by Gasteiger charge is -2.29. The van der Waals surface area contributed by atoms with Crippen LogP contribution in [0.25, 0.3) is 0 Å². The van der Waals surface area contributed by atoms with Gasteiger partial charge in [-0.3, -0.25) is 20.0 Å². The highest BCUT2D eigenvalue weighted by molar-refractivity contribution is 6.03. The van der Waals surface area contributed by atoms with Crippen LogP contribution in [0.5, 0.6) is 5.75 Å². The molecular formula is C24H27N5O3. The second-order valence-corrected chi connectivity index (χ2v) is 8.22. The molecule has 2 aromatic carbocycles. The van der Waals surface area contributed by atoms with Crippen LogP contribution in [-0.4, -0.2) is 45.0 Å². The molecule has 1 aliphatic rings. The Labute approximate surface area is 187 Å². The molecule has 8 nitrogen and oxygen atoms in total. The number of aryl methyl sites for hydroxylation is 2. The lowest BCUT2D eigenvalue weighted by Crippen LogP contribution is -2.47. The van der Waals surface area contributed by atoms with Crippen molar-refractivity contribution in [2.45, 2.75) is 39.3 Å². The third-order valence-corrected chi connectivity index (χ3v) is 5.66. The fourth-order valence-corrected chi connectivity index (χ4v) is 4.01. The first-order chi connectivity index (χ1) is 15.5. The molecule has 0 bridgehead atoms. The maximum atomic E-state index is 13.1. The van der Waals surface area contributed by atoms with Crippen molar-refractivity contribution >= 4 is 17.8 Å². The number of amides is 2. The van der Waals surface area contributed by atoms with E-state index in [2.05, 4.69) is 20.5 Å². The Morgan fingerprint density at radius 3 is 2.59 bits per heavy atom. The number of hydrogen-bond donors (Lipinski definition) is 2. The van der Waals surface area contributed by atoms with Gasteiger partial charge in [-0.2, -0.15) is 4.98 Å². The predicted molar refractivity (Wildman–Crippen MR) is 120 cm³/mol. The van der Waals surface area contributed by atoms with E-state index in [-0.39, 0.29) is 23.7 Å². The summed E-state index contributed by atoms with van der Waals surface area (Å²) < 4.78 is 5.18. The monoisotopic (exact) mass is 433 g/mol. The van der Waals surface area contributed by atoms with Crippen LogP contribution in [0.2, 0.25) is 0 Å². The van der Waals surface area contributed by atoms with Crippen molar-refractivity contribution in [2.75, 3.05) is 12.4 Å². The molecular weight excluding hydrogens is 406 g/mol. The van der Waals surface area contributed by atoms with Gasteiger partial charge >= 0.3 is 0 Å². The summed E-state index contributed by atoms with van der Waals surface area (Å²) in [7, 11) is 1.64. The van der Waals surface area contributed by atoms with Crippen molar-refractivity contribution < 1.29 is 14.3 Å². The van der Waals surface area contributed by atoms with Gasteiger partial charge in [0.15, 0.2) is 0 Å². The molecule has 0 radical (unpaired) electrons. The number of methoxy groups -OCH3 is 1. The minimum Gasteiger partial charge on any atom is -0.497 e. The Kier molecular flexibility index (Phi) is 6.20. The molecule has 1 aliphatic heterocycles. The second-order valence-electron chi connectivity index (χ2n) is 8.22. The number of carbonyl (C=O) groups is 2. The molecule has 0 spiro atoms. The van der Waals surface area contributed by atoms with Crippen LogP contribution in [-0.2, 0) is 24.2 Å². The molecule has 166 valence electrons. The zero-order valence-electron chi connectivity index (χ0n) is 18.5. The van der Waals surface area contributed by atoms with Crippen LogP contribution in [0.1, 0.15) is 41.2 Å². The van der Waals surface area contributed by atoms with Crippen LogP contribution in [0.3, 0.4) is 0 Å². The average molecular weight is 434 g/mol. The molecule has 1 atom stereocenters. The first kappa shape index (κ1) is 21.5. The van der Waals surface area contributed by atoms with Gasteiger partial charge in [-0.05, 0) is 41.7 Å². The highest BCUT2D eigenvalue weighted by Gasteiger charge is 2.38. The predicted octanol–water partition coefficient (Wildman–Crippen LogP) is 3.22. The van der Waals surface area contributed by atoms with Gasteiger partial charge in [0, 0.05) is 18.5 Å². The van der Waals surface area contributed by atoms with E-state index in [1.807, 2.05) is 56.3 Å². The highest BCUT2D eigenvalue weighted by atomic mass is 16.5. The number of ether oxygens (including phenoxy) is 1. The Bertz CT molecular complexity index is 1110. The quantitative estimate of drug-likeness (QED) is 0.568. The fraction of sp³-hybridized carbons (Fsp3) is 0.333. The lowest BCUT2D eigenvalue weighted by atomic mass is 10.0. The summed E-state index contributed by atoms with van der Waals surface area (Å²) in [4.78, 5) is 32.0. The molecule has 0 fully saturated rings. The molecule has 0 saturated carbocycles. The van der Waals surface area contributed by atoms with Gasteiger partial charge in [0.1, 0.15) is 17.6 Å². The summed E-state index contributed by atoms with van der Waals surface area (Å²) in [5, 5.41) is 9.79. The van der Waals surface area contributed by atoms with Crippen molar-refractivity contribution in [3.05, 3.63) is 71.0 Å². The maximum Gasteiger partial charge on any atom is 0.255 e. The van der Waals surface area contributed by atoms with Gasteiger partial charge in [-0.25, -0.2) is 0 Å². The third kappa shape index (κ3) is 4.49. The Balaban J connectivity index is 1.39. The summed E-state index contributed by atoms with van der Waals surface area (Å²) in [6.07, 6.45) is 1.43. The van der Waals surface area contributed by atoms with Crippen LogP contribution < -0.4 is 10.1 Å². The number of H-pyrrole nitrogens is 1. The van der Waals surface area contributed by atoms with Crippen molar-refractivity contribution in [1.82, 2.24) is 20.1 Å².